The quantitative estimate of drug-likeness (QED) is 0.290. The van der Waals surface area contributed by atoms with Crippen LogP contribution in [0.5, 0.6) is 0 Å². The second-order valence-electron chi connectivity index (χ2n) is 7.93. The summed E-state index contributed by atoms with van der Waals surface area (Å²) in [6.45, 7) is 1.95. The molecule has 0 bridgehead atoms. The van der Waals surface area contributed by atoms with E-state index in [9.17, 15) is 27.5 Å². The third kappa shape index (κ3) is 4.81. The average molecular weight is 438 g/mol. The van der Waals surface area contributed by atoms with Crippen molar-refractivity contribution in [1.29, 1.82) is 0 Å². The van der Waals surface area contributed by atoms with Gasteiger partial charge in [0.15, 0.2) is 17.5 Å². The molecule has 1 aliphatic rings. The molecule has 1 saturated carbocycles. The first-order chi connectivity index (χ1) is 14.7. The molecule has 31 heavy (non-hydrogen) atoms. The fraction of sp³-hybridized carbons (Fsp3) is 0.375. The zero-order valence-corrected chi connectivity index (χ0v) is 17.0. The summed E-state index contributed by atoms with van der Waals surface area (Å²) in [7, 11) is 0. The van der Waals surface area contributed by atoms with Crippen molar-refractivity contribution >= 4 is 5.97 Å². The van der Waals surface area contributed by atoms with Crippen LogP contribution in [0, 0.1) is 35.0 Å². The number of hydrogen-bond donors (Lipinski definition) is 1. The van der Waals surface area contributed by atoms with Crippen molar-refractivity contribution in [2.45, 2.75) is 51.4 Å². The van der Waals surface area contributed by atoms with E-state index >= 15 is 4.39 Å². The molecule has 0 atom stereocenters. The predicted molar refractivity (Wildman–Crippen MR) is 107 cm³/mol. The molecule has 1 fully saturated rings. The first-order valence-electron chi connectivity index (χ1n) is 10.3. The summed E-state index contributed by atoms with van der Waals surface area (Å²) >= 11 is 0. The van der Waals surface area contributed by atoms with E-state index in [0.29, 0.717) is 30.9 Å². The van der Waals surface area contributed by atoms with Crippen molar-refractivity contribution in [3.05, 3.63) is 70.6 Å². The van der Waals surface area contributed by atoms with Crippen molar-refractivity contribution in [3.63, 3.8) is 0 Å². The molecular formula is C24H23F5O2. The van der Waals surface area contributed by atoms with Crippen LogP contribution in [0.3, 0.4) is 0 Å². The number of carbonyl (C=O) groups is 1. The van der Waals surface area contributed by atoms with Gasteiger partial charge < -0.3 is 5.11 Å². The Morgan fingerprint density at radius 3 is 2.13 bits per heavy atom. The number of rotatable bonds is 6. The molecule has 0 radical (unpaired) electrons. The number of carboxylic acids is 1. The normalized spacial score (nSPS) is 19.2. The number of carboxylic acid groups (broad SMARTS) is 1. The Balaban J connectivity index is 2.04. The molecule has 7 heteroatoms. The molecule has 0 heterocycles. The van der Waals surface area contributed by atoms with Gasteiger partial charge in [0.2, 0.25) is 0 Å². The molecule has 3 rings (SSSR count). The number of benzene rings is 2. The maximum atomic E-state index is 15.2. The third-order valence-electron chi connectivity index (χ3n) is 6.00. The van der Waals surface area contributed by atoms with Gasteiger partial charge in [-0.05, 0) is 86.6 Å². The van der Waals surface area contributed by atoms with Crippen LogP contribution in [-0.4, -0.2) is 11.1 Å². The Labute approximate surface area is 177 Å². The highest BCUT2D eigenvalue weighted by atomic mass is 19.2. The lowest BCUT2D eigenvalue weighted by Crippen LogP contribution is -2.16. The molecule has 2 aromatic carbocycles. The molecule has 0 unspecified atom stereocenters. The molecule has 2 aromatic rings. The van der Waals surface area contributed by atoms with Crippen molar-refractivity contribution in [1.82, 2.24) is 0 Å². The Morgan fingerprint density at radius 2 is 1.58 bits per heavy atom. The fourth-order valence-electron chi connectivity index (χ4n) is 4.41. The van der Waals surface area contributed by atoms with Gasteiger partial charge in [0.05, 0.1) is 0 Å². The minimum absolute atomic E-state index is 0.150. The lowest BCUT2D eigenvalue weighted by atomic mass is 9.75. The molecule has 0 aromatic heterocycles. The van der Waals surface area contributed by atoms with Crippen LogP contribution in [0.25, 0.3) is 11.1 Å². The zero-order valence-electron chi connectivity index (χ0n) is 17.0. The van der Waals surface area contributed by atoms with Gasteiger partial charge in [-0.3, -0.25) is 0 Å². The van der Waals surface area contributed by atoms with E-state index in [4.69, 9.17) is 0 Å². The highest BCUT2D eigenvalue weighted by Gasteiger charge is 2.31. The van der Waals surface area contributed by atoms with E-state index in [2.05, 4.69) is 6.08 Å². The second kappa shape index (κ2) is 9.62. The van der Waals surface area contributed by atoms with E-state index < -0.39 is 46.2 Å². The summed E-state index contributed by atoms with van der Waals surface area (Å²) in [5.41, 5.74) is -1.81. The SMILES string of the molecule is C/C=C/CC[C@H]1CC[C@H](c2cc(F)c(C(=O)O)c(F)c2-c2cc(F)c(F)c(F)c2)CC1. The van der Waals surface area contributed by atoms with E-state index in [0.717, 1.165) is 31.7 Å². The summed E-state index contributed by atoms with van der Waals surface area (Å²) in [5, 5.41) is 9.22. The Kier molecular flexibility index (Phi) is 7.13. The Morgan fingerprint density at radius 1 is 0.968 bits per heavy atom. The maximum Gasteiger partial charge on any atom is 0.341 e. The molecular weight excluding hydrogens is 415 g/mol. The van der Waals surface area contributed by atoms with Gasteiger partial charge in [0, 0.05) is 5.56 Å². The van der Waals surface area contributed by atoms with E-state index in [-0.39, 0.29) is 17.0 Å². The standard InChI is InChI=1S/C24H23F5O2/c1-2-3-4-5-13-6-8-14(9-7-13)16-12-17(25)21(24(30)31)23(29)20(16)15-10-18(26)22(28)19(27)11-15/h2-3,10-14H,4-9H2,1H3,(H,30,31)/b3-2+/t13-,14-. The smallest absolute Gasteiger partial charge is 0.341 e. The van der Waals surface area contributed by atoms with Crippen LogP contribution in [0.15, 0.2) is 30.4 Å². The lowest BCUT2D eigenvalue weighted by Gasteiger charge is -2.30. The summed E-state index contributed by atoms with van der Waals surface area (Å²) in [6.07, 6.45) is 8.84. The van der Waals surface area contributed by atoms with Crippen LogP contribution in [0.2, 0.25) is 0 Å². The molecule has 1 aliphatic carbocycles. The molecule has 166 valence electrons. The monoisotopic (exact) mass is 438 g/mol. The van der Waals surface area contributed by atoms with Gasteiger partial charge in [-0.1, -0.05) is 12.2 Å². The molecule has 0 aliphatic heterocycles. The second-order valence-corrected chi connectivity index (χ2v) is 7.93. The lowest BCUT2D eigenvalue weighted by molar-refractivity contribution is 0.0686. The van der Waals surface area contributed by atoms with E-state index in [1.54, 1.807) is 0 Å². The number of allylic oxidation sites excluding steroid dienone is 2. The van der Waals surface area contributed by atoms with Crippen LogP contribution in [0.1, 0.15) is 67.3 Å². The minimum atomic E-state index is -1.83. The first kappa shape index (κ1) is 23.0. The minimum Gasteiger partial charge on any atom is -0.477 e. The van der Waals surface area contributed by atoms with Gasteiger partial charge in [-0.25, -0.2) is 26.7 Å². The fourth-order valence-corrected chi connectivity index (χ4v) is 4.41. The van der Waals surface area contributed by atoms with Crippen LogP contribution in [-0.2, 0) is 0 Å². The average Bonchev–Trinajstić information content (AvgIpc) is 2.71. The largest absolute Gasteiger partial charge is 0.477 e. The number of halogens is 5. The zero-order chi connectivity index (χ0) is 22.7. The topological polar surface area (TPSA) is 37.3 Å². The van der Waals surface area contributed by atoms with Gasteiger partial charge in [-0.15, -0.1) is 0 Å². The molecule has 0 saturated heterocycles. The maximum absolute atomic E-state index is 15.2. The van der Waals surface area contributed by atoms with Gasteiger partial charge in [0.1, 0.15) is 17.2 Å². The number of aromatic carboxylic acids is 1. The van der Waals surface area contributed by atoms with Crippen LogP contribution >= 0.6 is 0 Å². The molecule has 2 nitrogen and oxygen atoms in total. The number of hydrogen-bond acceptors (Lipinski definition) is 1. The predicted octanol–water partition coefficient (Wildman–Crippen LogP) is 7.38. The summed E-state index contributed by atoms with van der Waals surface area (Å²) in [5.74, 6) is -9.12. The first-order valence-corrected chi connectivity index (χ1v) is 10.3. The molecule has 0 amide bonds. The van der Waals surface area contributed by atoms with Crippen molar-refractivity contribution < 1.29 is 31.9 Å². The van der Waals surface area contributed by atoms with Gasteiger partial charge in [0.25, 0.3) is 0 Å². The molecule has 0 spiro atoms. The van der Waals surface area contributed by atoms with E-state index in [1.165, 1.54) is 0 Å². The van der Waals surface area contributed by atoms with Gasteiger partial charge in [-0.2, -0.15) is 0 Å². The highest BCUT2D eigenvalue weighted by molar-refractivity contribution is 5.91. The summed E-state index contributed by atoms with van der Waals surface area (Å²) in [6, 6.07) is 2.14. The summed E-state index contributed by atoms with van der Waals surface area (Å²) in [4.78, 5) is 11.4. The van der Waals surface area contributed by atoms with Gasteiger partial charge >= 0.3 is 5.97 Å². The van der Waals surface area contributed by atoms with Crippen molar-refractivity contribution in [2.75, 3.05) is 0 Å². The Hall–Kier alpha value is -2.70. The van der Waals surface area contributed by atoms with Crippen LogP contribution in [0.4, 0.5) is 22.0 Å². The molecule has 1 N–H and O–H groups in total. The van der Waals surface area contributed by atoms with E-state index in [1.807, 2.05) is 13.0 Å². The highest BCUT2D eigenvalue weighted by Crippen LogP contribution is 2.43. The van der Waals surface area contributed by atoms with Crippen molar-refractivity contribution in [3.8, 4) is 11.1 Å². The third-order valence-corrected chi connectivity index (χ3v) is 6.00. The summed E-state index contributed by atoms with van der Waals surface area (Å²) < 4.78 is 70.7. The Bertz CT molecular complexity index is 985. The van der Waals surface area contributed by atoms with Crippen LogP contribution < -0.4 is 0 Å². The van der Waals surface area contributed by atoms with Crippen molar-refractivity contribution in [2.24, 2.45) is 5.92 Å².